The van der Waals surface area contributed by atoms with Crippen LogP contribution in [0.25, 0.3) is 0 Å². The Hall–Kier alpha value is -3.78. The van der Waals surface area contributed by atoms with E-state index in [1.807, 2.05) is 61.5 Å². The number of nitrogens with zero attached hydrogens (tertiary/aromatic N) is 2. The molecule has 3 aromatic rings. The smallest absolute Gasteiger partial charge is 0.261 e. The zero-order valence-corrected chi connectivity index (χ0v) is 23.5. The Morgan fingerprint density at radius 1 is 0.872 bits per heavy atom. The molecule has 4 amide bonds. The molecule has 8 heteroatoms. The van der Waals surface area contributed by atoms with Crippen LogP contribution in [0, 0.1) is 0 Å². The van der Waals surface area contributed by atoms with Crippen LogP contribution in [0.3, 0.4) is 0 Å². The van der Waals surface area contributed by atoms with Crippen molar-refractivity contribution < 1.29 is 19.2 Å². The lowest BCUT2D eigenvalue weighted by Crippen LogP contribution is -2.50. The van der Waals surface area contributed by atoms with Crippen LogP contribution < -0.4 is 5.32 Å². The lowest BCUT2D eigenvalue weighted by Gasteiger charge is -2.32. The van der Waals surface area contributed by atoms with Crippen molar-refractivity contribution in [1.82, 2.24) is 15.1 Å². The molecule has 0 aliphatic carbocycles. The molecule has 0 unspecified atom stereocenters. The molecule has 0 saturated carbocycles. The Morgan fingerprint density at radius 2 is 1.49 bits per heavy atom. The van der Waals surface area contributed by atoms with Crippen LogP contribution in [0.1, 0.15) is 58.0 Å². The van der Waals surface area contributed by atoms with E-state index in [0.717, 1.165) is 22.0 Å². The highest BCUT2D eigenvalue weighted by molar-refractivity contribution is 9.10. The molecule has 0 radical (unpaired) electrons. The van der Waals surface area contributed by atoms with Crippen LogP contribution in [0.5, 0.6) is 0 Å². The van der Waals surface area contributed by atoms with Gasteiger partial charge in [-0.15, -0.1) is 0 Å². The van der Waals surface area contributed by atoms with Crippen LogP contribution in [-0.2, 0) is 22.6 Å². The van der Waals surface area contributed by atoms with Crippen molar-refractivity contribution in [2.24, 2.45) is 0 Å². The fourth-order valence-corrected chi connectivity index (χ4v) is 4.95. The van der Waals surface area contributed by atoms with E-state index in [9.17, 15) is 19.2 Å². The van der Waals surface area contributed by atoms with Gasteiger partial charge in [0.2, 0.25) is 11.8 Å². The van der Waals surface area contributed by atoms with E-state index in [-0.39, 0.29) is 43.1 Å². The van der Waals surface area contributed by atoms with E-state index in [4.69, 9.17) is 0 Å². The Kier molecular flexibility index (Phi) is 9.65. The number of halogens is 1. The third kappa shape index (κ3) is 7.00. The third-order valence-electron chi connectivity index (χ3n) is 6.74. The van der Waals surface area contributed by atoms with Crippen LogP contribution in [0.2, 0.25) is 0 Å². The summed E-state index contributed by atoms with van der Waals surface area (Å²) in [6, 6.07) is 23.3. The second-order valence-corrected chi connectivity index (χ2v) is 10.5. The first kappa shape index (κ1) is 28.2. The minimum atomic E-state index is -0.714. The fourth-order valence-electron chi connectivity index (χ4n) is 4.68. The standard InChI is InChI=1S/C31H32BrN3O4/c1-2-18-33-29(37)27(20-22-9-4-3-5-10-22)35(21-23-14-16-24(32)17-15-23)28(36)13-8-19-34-30(38)25-11-6-7-12-26(25)31(34)39/h3-7,9-12,14-17,27H,2,8,13,18-21H2,1H3,(H,33,37)/t27-/m0/s1. The van der Waals surface area contributed by atoms with Crippen molar-refractivity contribution in [3.63, 3.8) is 0 Å². The van der Waals surface area contributed by atoms with Gasteiger partial charge in [-0.3, -0.25) is 24.1 Å². The lowest BCUT2D eigenvalue weighted by atomic mass is 10.0. The van der Waals surface area contributed by atoms with Gasteiger partial charge in [0.25, 0.3) is 11.8 Å². The SMILES string of the molecule is CCCNC(=O)[C@H](Cc1ccccc1)N(Cc1ccc(Br)cc1)C(=O)CCCN1C(=O)c2ccccc2C1=O. The monoisotopic (exact) mass is 589 g/mol. The number of hydrogen-bond acceptors (Lipinski definition) is 4. The van der Waals surface area contributed by atoms with E-state index in [0.29, 0.717) is 30.5 Å². The maximum absolute atomic E-state index is 13.7. The number of benzene rings is 3. The number of nitrogens with one attached hydrogen (secondary N) is 1. The highest BCUT2D eigenvalue weighted by Gasteiger charge is 2.35. The van der Waals surface area contributed by atoms with Crippen LogP contribution >= 0.6 is 15.9 Å². The van der Waals surface area contributed by atoms with E-state index in [1.165, 1.54) is 4.90 Å². The zero-order chi connectivity index (χ0) is 27.8. The van der Waals surface area contributed by atoms with Gasteiger partial charge in [0.05, 0.1) is 11.1 Å². The van der Waals surface area contributed by atoms with Gasteiger partial charge in [0.1, 0.15) is 6.04 Å². The van der Waals surface area contributed by atoms with Crippen molar-refractivity contribution >= 4 is 39.6 Å². The molecule has 3 aromatic carbocycles. The normalized spacial score (nSPS) is 13.2. The third-order valence-corrected chi connectivity index (χ3v) is 7.27. The zero-order valence-electron chi connectivity index (χ0n) is 21.9. The number of amides is 4. The first-order valence-electron chi connectivity index (χ1n) is 13.2. The minimum Gasteiger partial charge on any atom is -0.354 e. The molecule has 0 saturated heterocycles. The van der Waals surface area contributed by atoms with Crippen LogP contribution in [-0.4, -0.2) is 52.6 Å². The lowest BCUT2D eigenvalue weighted by molar-refractivity contribution is -0.141. The van der Waals surface area contributed by atoms with Gasteiger partial charge in [-0.05, 0) is 48.2 Å². The average Bonchev–Trinajstić information content (AvgIpc) is 3.20. The Labute approximate surface area is 237 Å². The molecule has 4 rings (SSSR count). The van der Waals surface area contributed by atoms with Gasteiger partial charge in [-0.1, -0.05) is 77.5 Å². The summed E-state index contributed by atoms with van der Waals surface area (Å²) in [5, 5.41) is 2.97. The van der Waals surface area contributed by atoms with Crippen molar-refractivity contribution in [3.8, 4) is 0 Å². The topological polar surface area (TPSA) is 86.8 Å². The number of rotatable bonds is 12. The van der Waals surface area contributed by atoms with Gasteiger partial charge in [0, 0.05) is 36.9 Å². The largest absolute Gasteiger partial charge is 0.354 e. The van der Waals surface area contributed by atoms with Crippen molar-refractivity contribution in [1.29, 1.82) is 0 Å². The molecule has 0 bridgehead atoms. The highest BCUT2D eigenvalue weighted by Crippen LogP contribution is 2.23. The molecule has 1 atom stereocenters. The fraction of sp³-hybridized carbons (Fsp3) is 0.290. The molecule has 0 fully saturated rings. The molecule has 0 aromatic heterocycles. The maximum Gasteiger partial charge on any atom is 0.261 e. The summed E-state index contributed by atoms with van der Waals surface area (Å²) < 4.78 is 0.923. The number of carbonyl (C=O) groups excluding carboxylic acids is 4. The summed E-state index contributed by atoms with van der Waals surface area (Å²) in [5.74, 6) is -1.08. The van der Waals surface area contributed by atoms with Crippen molar-refractivity contribution in [2.75, 3.05) is 13.1 Å². The van der Waals surface area contributed by atoms with E-state index >= 15 is 0 Å². The van der Waals surface area contributed by atoms with Gasteiger partial charge < -0.3 is 10.2 Å². The molecule has 1 aliphatic rings. The average molecular weight is 591 g/mol. The Bertz CT molecular complexity index is 1290. The molecular weight excluding hydrogens is 558 g/mol. The summed E-state index contributed by atoms with van der Waals surface area (Å²) in [6.45, 7) is 2.90. The van der Waals surface area contributed by atoms with E-state index in [2.05, 4.69) is 21.2 Å². The van der Waals surface area contributed by atoms with Gasteiger partial charge in [-0.2, -0.15) is 0 Å². The number of carbonyl (C=O) groups is 4. The molecule has 202 valence electrons. The summed E-state index contributed by atoms with van der Waals surface area (Å²) >= 11 is 3.45. The Balaban J connectivity index is 1.53. The predicted octanol–water partition coefficient (Wildman–Crippen LogP) is 4.99. The second kappa shape index (κ2) is 13.3. The molecule has 0 spiro atoms. The first-order chi connectivity index (χ1) is 18.9. The summed E-state index contributed by atoms with van der Waals surface area (Å²) in [5.41, 5.74) is 2.63. The second-order valence-electron chi connectivity index (χ2n) is 9.56. The number of fused-ring (bicyclic) bond motifs is 1. The first-order valence-corrected chi connectivity index (χ1v) is 14.0. The summed E-state index contributed by atoms with van der Waals surface area (Å²) in [6.07, 6.45) is 1.55. The van der Waals surface area contributed by atoms with Crippen LogP contribution in [0.4, 0.5) is 0 Å². The van der Waals surface area contributed by atoms with Crippen molar-refractivity contribution in [3.05, 3.63) is 106 Å². The molecule has 1 heterocycles. The summed E-state index contributed by atoms with van der Waals surface area (Å²) in [7, 11) is 0. The minimum absolute atomic E-state index is 0.0935. The molecule has 1 aliphatic heterocycles. The Morgan fingerprint density at radius 3 is 2.10 bits per heavy atom. The van der Waals surface area contributed by atoms with Gasteiger partial charge >= 0.3 is 0 Å². The predicted molar refractivity (Wildman–Crippen MR) is 153 cm³/mol. The van der Waals surface area contributed by atoms with Gasteiger partial charge in [-0.25, -0.2) is 0 Å². The number of imide groups is 1. The van der Waals surface area contributed by atoms with E-state index < -0.39 is 6.04 Å². The summed E-state index contributed by atoms with van der Waals surface area (Å²) in [4.78, 5) is 55.4. The molecule has 1 N–H and O–H groups in total. The van der Waals surface area contributed by atoms with Crippen molar-refractivity contribution in [2.45, 2.75) is 45.2 Å². The van der Waals surface area contributed by atoms with Gasteiger partial charge in [0.15, 0.2) is 0 Å². The van der Waals surface area contributed by atoms with E-state index in [1.54, 1.807) is 29.2 Å². The van der Waals surface area contributed by atoms with Crippen LogP contribution in [0.15, 0.2) is 83.3 Å². The molecular formula is C31H32BrN3O4. The maximum atomic E-state index is 13.7. The highest BCUT2D eigenvalue weighted by atomic mass is 79.9. The number of hydrogen-bond donors (Lipinski definition) is 1. The molecule has 39 heavy (non-hydrogen) atoms. The molecule has 7 nitrogen and oxygen atoms in total. The quantitative estimate of drug-likeness (QED) is 0.301.